The normalized spacial score (nSPS) is 11.8. The number of rotatable bonds is 12. The zero-order valence-corrected chi connectivity index (χ0v) is 26.9. The number of nitrogens with one attached hydrogen (secondary N) is 1. The molecule has 4 aromatic carbocycles. The van der Waals surface area contributed by atoms with Crippen molar-refractivity contribution in [3.63, 3.8) is 0 Å². The summed E-state index contributed by atoms with van der Waals surface area (Å²) in [7, 11) is -1.21. The molecule has 0 radical (unpaired) electrons. The molecular formula is C33H33Cl2N3O5S. The maximum Gasteiger partial charge on any atom is 0.264 e. The van der Waals surface area contributed by atoms with Gasteiger partial charge in [-0.25, -0.2) is 8.42 Å². The summed E-state index contributed by atoms with van der Waals surface area (Å²) in [6, 6.07) is 26.0. The molecule has 4 aromatic rings. The summed E-state index contributed by atoms with van der Waals surface area (Å²) in [5.74, 6) is -0.469. The van der Waals surface area contributed by atoms with Crippen molar-refractivity contribution < 1.29 is 22.7 Å². The summed E-state index contributed by atoms with van der Waals surface area (Å²) >= 11 is 12.4. The summed E-state index contributed by atoms with van der Waals surface area (Å²) in [6.45, 7) is 1.25. The van der Waals surface area contributed by atoms with Crippen LogP contribution in [0.4, 0.5) is 5.69 Å². The highest BCUT2D eigenvalue weighted by Crippen LogP contribution is 2.28. The Kier molecular flexibility index (Phi) is 10.9. The van der Waals surface area contributed by atoms with Gasteiger partial charge in [-0.15, -0.1) is 0 Å². The first-order valence-electron chi connectivity index (χ1n) is 13.8. The van der Waals surface area contributed by atoms with Crippen molar-refractivity contribution in [3.05, 3.63) is 124 Å². The number of likely N-dealkylation sites (N-methyl/N-ethyl adjacent to an activating group) is 1. The zero-order valence-electron chi connectivity index (χ0n) is 24.5. The molecule has 1 atom stereocenters. The van der Waals surface area contributed by atoms with Crippen molar-refractivity contribution in [2.24, 2.45) is 0 Å². The molecule has 11 heteroatoms. The number of aryl methyl sites for hydroxylation is 1. The predicted octanol–water partition coefficient (Wildman–Crippen LogP) is 5.89. The lowest BCUT2D eigenvalue weighted by Crippen LogP contribution is -2.53. The molecule has 4 rings (SSSR count). The molecule has 44 heavy (non-hydrogen) atoms. The molecule has 0 fully saturated rings. The smallest absolute Gasteiger partial charge is 0.264 e. The molecule has 0 heterocycles. The van der Waals surface area contributed by atoms with Gasteiger partial charge in [-0.3, -0.25) is 13.9 Å². The summed E-state index contributed by atoms with van der Waals surface area (Å²) in [5, 5.41) is 3.29. The van der Waals surface area contributed by atoms with Crippen LogP contribution in [0.3, 0.4) is 0 Å². The topological polar surface area (TPSA) is 96.0 Å². The highest BCUT2D eigenvalue weighted by atomic mass is 35.5. The molecule has 0 saturated carbocycles. The van der Waals surface area contributed by atoms with Crippen LogP contribution >= 0.6 is 23.2 Å². The van der Waals surface area contributed by atoms with Crippen molar-refractivity contribution in [1.82, 2.24) is 10.2 Å². The highest BCUT2D eigenvalue weighted by Gasteiger charge is 2.34. The molecule has 0 unspecified atom stereocenters. The maximum absolute atomic E-state index is 14.3. The van der Waals surface area contributed by atoms with Crippen LogP contribution in [0.25, 0.3) is 0 Å². The van der Waals surface area contributed by atoms with Crippen molar-refractivity contribution in [1.29, 1.82) is 0 Å². The SMILES string of the molecule is CNC(=O)[C@@H](Cc1ccccc1)N(Cc1ccc(Cl)c(Cl)c1)C(=O)CN(c1ccc(OC)cc1)S(=O)(=O)c1ccc(C)cc1. The number of ether oxygens (including phenoxy) is 1. The second kappa shape index (κ2) is 14.6. The minimum Gasteiger partial charge on any atom is -0.497 e. The van der Waals surface area contributed by atoms with Gasteiger partial charge in [0, 0.05) is 20.0 Å². The number of carbonyl (C=O) groups excluding carboxylic acids is 2. The van der Waals surface area contributed by atoms with Crippen LogP contribution in [0.1, 0.15) is 16.7 Å². The van der Waals surface area contributed by atoms with Gasteiger partial charge in [0.2, 0.25) is 11.8 Å². The van der Waals surface area contributed by atoms with Crippen molar-refractivity contribution in [2.75, 3.05) is 25.0 Å². The molecular weight excluding hydrogens is 621 g/mol. The van der Waals surface area contributed by atoms with E-state index in [4.69, 9.17) is 27.9 Å². The van der Waals surface area contributed by atoms with Crippen LogP contribution in [-0.2, 0) is 32.6 Å². The number of amides is 2. The number of anilines is 1. The van der Waals surface area contributed by atoms with E-state index in [2.05, 4.69) is 5.32 Å². The molecule has 0 aliphatic heterocycles. The van der Waals surface area contributed by atoms with Gasteiger partial charge in [0.15, 0.2) is 0 Å². The number of sulfonamides is 1. The number of nitrogens with zero attached hydrogens (tertiary/aromatic N) is 2. The van der Waals surface area contributed by atoms with Crippen molar-refractivity contribution in [3.8, 4) is 5.75 Å². The Morgan fingerprint density at radius 3 is 2.11 bits per heavy atom. The Labute approximate surface area is 268 Å². The first-order chi connectivity index (χ1) is 21.0. The van der Waals surface area contributed by atoms with Gasteiger partial charge < -0.3 is 15.0 Å². The Bertz CT molecular complexity index is 1700. The Balaban J connectivity index is 1.80. The van der Waals surface area contributed by atoms with Crippen LogP contribution in [0.15, 0.2) is 102 Å². The molecule has 230 valence electrons. The number of hydrogen-bond acceptors (Lipinski definition) is 5. The van der Waals surface area contributed by atoms with Gasteiger partial charge in [-0.2, -0.15) is 0 Å². The predicted molar refractivity (Wildman–Crippen MR) is 174 cm³/mol. The molecule has 0 saturated heterocycles. The molecule has 1 N–H and O–H groups in total. The van der Waals surface area contributed by atoms with E-state index in [9.17, 15) is 18.0 Å². The minimum absolute atomic E-state index is 0.0230. The maximum atomic E-state index is 14.3. The number of methoxy groups -OCH3 is 1. The first-order valence-corrected chi connectivity index (χ1v) is 16.0. The highest BCUT2D eigenvalue weighted by molar-refractivity contribution is 7.92. The van der Waals surface area contributed by atoms with Gasteiger partial charge in [0.05, 0.1) is 27.7 Å². The minimum atomic E-state index is -4.21. The number of carbonyl (C=O) groups is 2. The van der Waals surface area contributed by atoms with Gasteiger partial charge in [0.1, 0.15) is 18.3 Å². The third-order valence-corrected chi connectivity index (χ3v) is 9.63. The van der Waals surface area contributed by atoms with E-state index >= 15 is 0 Å². The van der Waals surface area contributed by atoms with Crippen LogP contribution in [0.5, 0.6) is 5.75 Å². The molecule has 0 spiro atoms. The lowest BCUT2D eigenvalue weighted by molar-refractivity contribution is -0.139. The largest absolute Gasteiger partial charge is 0.497 e. The summed E-state index contributed by atoms with van der Waals surface area (Å²) in [5.41, 5.74) is 2.59. The van der Waals surface area contributed by atoms with E-state index in [-0.39, 0.29) is 28.6 Å². The second-order valence-corrected chi connectivity index (χ2v) is 12.8. The quantitative estimate of drug-likeness (QED) is 0.206. The van der Waals surface area contributed by atoms with Crippen LogP contribution in [-0.4, -0.2) is 51.9 Å². The Morgan fingerprint density at radius 2 is 1.52 bits per heavy atom. The van der Waals surface area contributed by atoms with E-state index in [0.29, 0.717) is 16.3 Å². The van der Waals surface area contributed by atoms with E-state index in [1.165, 1.54) is 31.2 Å². The number of halogens is 2. The molecule has 0 aromatic heterocycles. The van der Waals surface area contributed by atoms with Gasteiger partial charge >= 0.3 is 0 Å². The molecule has 8 nitrogen and oxygen atoms in total. The molecule has 0 aliphatic carbocycles. The molecule has 0 aliphatic rings. The van der Waals surface area contributed by atoms with Crippen LogP contribution in [0.2, 0.25) is 10.0 Å². The average Bonchev–Trinajstić information content (AvgIpc) is 3.03. The zero-order chi connectivity index (χ0) is 31.9. The summed E-state index contributed by atoms with van der Waals surface area (Å²) in [6.07, 6.45) is 0.195. The van der Waals surface area contributed by atoms with Gasteiger partial charge in [-0.05, 0) is 66.6 Å². The lowest BCUT2D eigenvalue weighted by Gasteiger charge is -2.33. The van der Waals surface area contributed by atoms with E-state index in [1.807, 2.05) is 37.3 Å². The third-order valence-electron chi connectivity index (χ3n) is 7.10. The molecule has 2 amide bonds. The Hall–Kier alpha value is -4.05. The lowest BCUT2D eigenvalue weighted by atomic mass is 10.0. The summed E-state index contributed by atoms with van der Waals surface area (Å²) < 4.78 is 34.4. The van der Waals surface area contributed by atoms with E-state index < -0.39 is 34.4 Å². The average molecular weight is 655 g/mol. The van der Waals surface area contributed by atoms with Crippen LogP contribution in [0, 0.1) is 6.92 Å². The second-order valence-electron chi connectivity index (χ2n) is 10.1. The van der Waals surface area contributed by atoms with Crippen molar-refractivity contribution in [2.45, 2.75) is 30.8 Å². The monoisotopic (exact) mass is 653 g/mol. The third kappa shape index (κ3) is 7.91. The van der Waals surface area contributed by atoms with E-state index in [0.717, 1.165) is 15.4 Å². The standard InChI is InChI=1S/C33H33Cl2N3O5S/c1-23-9-16-28(17-10-23)44(41,42)38(26-12-14-27(43-3)15-13-26)22-32(39)37(21-25-11-18-29(34)30(35)19-25)31(33(40)36-2)20-24-7-5-4-6-8-24/h4-19,31H,20-22H2,1-3H3,(H,36,40)/t31-/m1/s1. The molecule has 0 bridgehead atoms. The van der Waals surface area contributed by atoms with Crippen molar-refractivity contribution >= 4 is 50.7 Å². The van der Waals surface area contributed by atoms with Crippen LogP contribution < -0.4 is 14.4 Å². The van der Waals surface area contributed by atoms with Gasteiger partial charge in [0.25, 0.3) is 10.0 Å². The first kappa shape index (κ1) is 32.9. The summed E-state index contributed by atoms with van der Waals surface area (Å²) in [4.78, 5) is 29.1. The number of hydrogen-bond donors (Lipinski definition) is 1. The number of benzene rings is 4. The van der Waals surface area contributed by atoms with E-state index in [1.54, 1.807) is 54.6 Å². The van der Waals surface area contributed by atoms with Gasteiger partial charge in [-0.1, -0.05) is 77.3 Å². The fourth-order valence-electron chi connectivity index (χ4n) is 4.67. The Morgan fingerprint density at radius 1 is 0.864 bits per heavy atom. The fraction of sp³-hybridized carbons (Fsp3) is 0.212. The fourth-order valence-corrected chi connectivity index (χ4v) is 6.40.